The van der Waals surface area contributed by atoms with Crippen molar-refractivity contribution >= 4 is 39.8 Å². The van der Waals surface area contributed by atoms with Gasteiger partial charge in [-0.3, -0.25) is 9.98 Å². The van der Waals surface area contributed by atoms with E-state index in [1.165, 1.54) is 11.1 Å². The van der Waals surface area contributed by atoms with Gasteiger partial charge in [-0.15, -0.1) is 24.0 Å². The van der Waals surface area contributed by atoms with Crippen LogP contribution in [0.15, 0.2) is 23.5 Å². The predicted molar refractivity (Wildman–Crippen MR) is 99.6 cm³/mol. The lowest BCUT2D eigenvalue weighted by Gasteiger charge is -2.16. The van der Waals surface area contributed by atoms with Crippen molar-refractivity contribution in [3.8, 4) is 0 Å². The Morgan fingerprint density at radius 1 is 1.50 bits per heavy atom. The molecule has 2 rings (SSSR count). The molecule has 0 amide bonds. The minimum atomic E-state index is -2.87. The minimum Gasteiger partial charge on any atom is -0.356 e. The van der Waals surface area contributed by atoms with Crippen molar-refractivity contribution in [2.24, 2.45) is 4.99 Å². The molecule has 1 fully saturated rings. The molecule has 124 valence electrons. The molecule has 0 aliphatic carbocycles. The molecule has 8 heteroatoms. The van der Waals surface area contributed by atoms with E-state index in [2.05, 4.69) is 20.6 Å². The highest BCUT2D eigenvalue weighted by Gasteiger charge is 2.28. The summed E-state index contributed by atoms with van der Waals surface area (Å²) in [6.07, 6.45) is 5.16. The van der Waals surface area contributed by atoms with Crippen LogP contribution in [0.2, 0.25) is 0 Å². The number of sulfone groups is 1. The molecule has 1 saturated heterocycles. The predicted octanol–water partition coefficient (Wildman–Crippen LogP) is 0.903. The Kier molecular flexibility index (Phi) is 7.54. The van der Waals surface area contributed by atoms with Gasteiger partial charge in [0.25, 0.3) is 0 Å². The fourth-order valence-electron chi connectivity index (χ4n) is 2.40. The molecule has 2 N–H and O–H groups in total. The highest BCUT2D eigenvalue weighted by molar-refractivity contribution is 14.0. The second-order valence-corrected chi connectivity index (χ2v) is 7.52. The largest absolute Gasteiger partial charge is 0.356 e. The Balaban J connectivity index is 0.00000242. The summed E-state index contributed by atoms with van der Waals surface area (Å²) in [5.41, 5.74) is 2.42. The Morgan fingerprint density at radius 3 is 2.86 bits per heavy atom. The molecule has 0 bridgehead atoms. The Bertz CT molecular complexity index is 619. The maximum absolute atomic E-state index is 11.4. The monoisotopic (exact) mass is 438 g/mol. The molecule has 0 radical (unpaired) electrons. The molecule has 2 heterocycles. The molecular formula is C14H23IN4O2S. The van der Waals surface area contributed by atoms with Crippen LogP contribution in [0.25, 0.3) is 0 Å². The van der Waals surface area contributed by atoms with Crippen LogP contribution < -0.4 is 10.6 Å². The van der Waals surface area contributed by atoms with Gasteiger partial charge in [0.05, 0.1) is 11.5 Å². The number of nitrogens with zero attached hydrogens (tertiary/aromatic N) is 2. The van der Waals surface area contributed by atoms with Crippen LogP contribution in [0.5, 0.6) is 0 Å². The van der Waals surface area contributed by atoms with Gasteiger partial charge in [-0.25, -0.2) is 8.42 Å². The van der Waals surface area contributed by atoms with Crippen molar-refractivity contribution in [2.45, 2.75) is 25.8 Å². The Morgan fingerprint density at radius 2 is 2.27 bits per heavy atom. The van der Waals surface area contributed by atoms with Crippen molar-refractivity contribution in [2.75, 3.05) is 25.1 Å². The lowest BCUT2D eigenvalue weighted by atomic mass is 10.1. The third-order valence-corrected chi connectivity index (χ3v) is 5.39. The van der Waals surface area contributed by atoms with Crippen molar-refractivity contribution in [1.82, 2.24) is 15.6 Å². The standard InChI is InChI=1S/C14H22N4O2S.HI/c1-11-9-16-6-3-12(11)4-7-17-14(15-2)18-13-5-8-21(19,20)10-13;/h3,6,9,13H,4-5,7-8,10H2,1-2H3,(H2,15,17,18);1H. The van der Waals surface area contributed by atoms with Crippen LogP contribution in [0.4, 0.5) is 0 Å². The minimum absolute atomic E-state index is 0. The lowest BCUT2D eigenvalue weighted by Crippen LogP contribution is -2.44. The molecule has 0 aromatic carbocycles. The number of aliphatic imine (C=N–C) groups is 1. The molecular weight excluding hydrogens is 415 g/mol. The van der Waals surface area contributed by atoms with Crippen LogP contribution in [0, 0.1) is 6.92 Å². The van der Waals surface area contributed by atoms with E-state index < -0.39 is 9.84 Å². The number of nitrogens with one attached hydrogen (secondary N) is 2. The summed E-state index contributed by atoms with van der Waals surface area (Å²) in [7, 11) is -1.18. The molecule has 1 unspecified atom stereocenters. The fourth-order valence-corrected chi connectivity index (χ4v) is 4.07. The van der Waals surface area contributed by atoms with E-state index in [9.17, 15) is 8.42 Å². The number of guanidine groups is 1. The van der Waals surface area contributed by atoms with Crippen LogP contribution in [-0.2, 0) is 16.3 Å². The number of halogens is 1. The molecule has 22 heavy (non-hydrogen) atoms. The van der Waals surface area contributed by atoms with E-state index in [1.54, 1.807) is 13.2 Å². The quantitative estimate of drug-likeness (QED) is 0.415. The average Bonchev–Trinajstić information content (AvgIpc) is 2.79. The van der Waals surface area contributed by atoms with Gasteiger partial charge in [0, 0.05) is 32.0 Å². The summed E-state index contributed by atoms with van der Waals surface area (Å²) in [5, 5.41) is 6.39. The first-order valence-corrected chi connectivity index (χ1v) is 8.89. The summed E-state index contributed by atoms with van der Waals surface area (Å²) >= 11 is 0. The zero-order chi connectivity index (χ0) is 15.3. The summed E-state index contributed by atoms with van der Waals surface area (Å²) in [4.78, 5) is 8.21. The zero-order valence-corrected chi connectivity index (χ0v) is 16.0. The first-order valence-electron chi connectivity index (χ1n) is 7.07. The van der Waals surface area contributed by atoms with Crippen molar-refractivity contribution in [1.29, 1.82) is 0 Å². The summed E-state index contributed by atoms with van der Waals surface area (Å²) in [5.74, 6) is 1.11. The third kappa shape index (κ3) is 5.71. The first kappa shape index (κ1) is 19.1. The molecule has 0 saturated carbocycles. The molecule has 1 aliphatic heterocycles. The van der Waals surface area contributed by atoms with E-state index >= 15 is 0 Å². The zero-order valence-electron chi connectivity index (χ0n) is 12.9. The maximum Gasteiger partial charge on any atom is 0.191 e. The first-order chi connectivity index (χ1) is 10.00. The smallest absolute Gasteiger partial charge is 0.191 e. The normalized spacial score (nSPS) is 20.3. The van der Waals surface area contributed by atoms with Gasteiger partial charge >= 0.3 is 0 Å². The molecule has 1 aromatic heterocycles. The number of aromatic nitrogens is 1. The van der Waals surface area contributed by atoms with Crippen molar-refractivity contribution in [3.05, 3.63) is 29.6 Å². The number of hydrogen-bond acceptors (Lipinski definition) is 4. The van der Waals surface area contributed by atoms with Crippen LogP contribution in [0.1, 0.15) is 17.5 Å². The van der Waals surface area contributed by atoms with E-state index in [-0.39, 0.29) is 41.5 Å². The van der Waals surface area contributed by atoms with Gasteiger partial charge in [0.2, 0.25) is 0 Å². The number of hydrogen-bond donors (Lipinski definition) is 2. The van der Waals surface area contributed by atoms with Crippen LogP contribution >= 0.6 is 24.0 Å². The van der Waals surface area contributed by atoms with Gasteiger partial charge in [0.1, 0.15) is 0 Å². The van der Waals surface area contributed by atoms with Crippen LogP contribution in [0.3, 0.4) is 0 Å². The summed E-state index contributed by atoms with van der Waals surface area (Å²) < 4.78 is 22.9. The molecule has 1 atom stereocenters. The van der Waals surface area contributed by atoms with E-state index in [0.717, 1.165) is 13.0 Å². The van der Waals surface area contributed by atoms with Gasteiger partial charge in [-0.2, -0.15) is 0 Å². The van der Waals surface area contributed by atoms with Gasteiger partial charge in [-0.1, -0.05) is 0 Å². The highest BCUT2D eigenvalue weighted by atomic mass is 127. The summed E-state index contributed by atoms with van der Waals surface area (Å²) in [6.45, 7) is 2.78. The average molecular weight is 438 g/mol. The topological polar surface area (TPSA) is 83.4 Å². The van der Waals surface area contributed by atoms with Crippen molar-refractivity contribution < 1.29 is 8.42 Å². The Hall–Kier alpha value is -0.900. The molecule has 6 nitrogen and oxygen atoms in total. The second-order valence-electron chi connectivity index (χ2n) is 5.30. The lowest BCUT2D eigenvalue weighted by molar-refractivity contribution is 0.599. The third-order valence-electron chi connectivity index (χ3n) is 3.62. The number of rotatable bonds is 4. The van der Waals surface area contributed by atoms with Crippen LogP contribution in [-0.4, -0.2) is 50.5 Å². The Labute approximate surface area is 149 Å². The van der Waals surface area contributed by atoms with E-state index in [4.69, 9.17) is 0 Å². The van der Waals surface area contributed by atoms with E-state index in [1.807, 2.05) is 19.2 Å². The second kappa shape index (κ2) is 8.66. The summed E-state index contributed by atoms with van der Waals surface area (Å²) in [6, 6.07) is 1.97. The molecule has 1 aliphatic rings. The maximum atomic E-state index is 11.4. The number of aryl methyl sites for hydroxylation is 1. The van der Waals surface area contributed by atoms with Gasteiger partial charge in [0.15, 0.2) is 15.8 Å². The molecule has 1 aromatic rings. The van der Waals surface area contributed by atoms with Gasteiger partial charge in [-0.05, 0) is 37.0 Å². The molecule has 0 spiro atoms. The van der Waals surface area contributed by atoms with Crippen molar-refractivity contribution in [3.63, 3.8) is 0 Å². The highest BCUT2D eigenvalue weighted by Crippen LogP contribution is 2.11. The fraction of sp³-hybridized carbons (Fsp3) is 0.571. The number of pyridine rings is 1. The van der Waals surface area contributed by atoms with E-state index in [0.29, 0.717) is 12.4 Å². The SMILES string of the molecule is CN=C(NCCc1ccncc1C)NC1CCS(=O)(=O)C1.I. The van der Waals surface area contributed by atoms with Gasteiger partial charge < -0.3 is 10.6 Å².